The molecule has 1 aliphatic rings. The molecular weight excluding hydrogens is 747 g/mol. The van der Waals surface area contributed by atoms with Crippen molar-refractivity contribution >= 4 is 70.5 Å². The van der Waals surface area contributed by atoms with E-state index in [0.717, 1.165) is 50.1 Å². The molecule has 1 aliphatic carbocycles. The minimum absolute atomic E-state index is 0.0454. The van der Waals surface area contributed by atoms with Crippen LogP contribution in [0.5, 0.6) is 0 Å². The number of furan rings is 1. The predicted molar refractivity (Wildman–Crippen MR) is 255 cm³/mol. The van der Waals surface area contributed by atoms with Crippen molar-refractivity contribution in [2.75, 3.05) is 4.90 Å². The van der Waals surface area contributed by atoms with Crippen molar-refractivity contribution in [2.45, 2.75) is 19.3 Å². The van der Waals surface area contributed by atoms with E-state index in [9.17, 15) is 0 Å². The third kappa shape index (κ3) is 5.47. The fraction of sp³-hybridized carbons (Fsp3) is 0.0526. The fourth-order valence-electron chi connectivity index (χ4n) is 9.64. The molecule has 0 radical (unpaired) electrons. The molecule has 0 amide bonds. The van der Waals surface area contributed by atoms with Crippen molar-refractivity contribution in [3.8, 4) is 44.5 Å². The van der Waals surface area contributed by atoms with Gasteiger partial charge in [-0.3, -0.25) is 0 Å². The molecule has 0 bridgehead atoms. The van der Waals surface area contributed by atoms with E-state index < -0.39 is 0 Å². The van der Waals surface area contributed by atoms with E-state index in [1.165, 1.54) is 64.7 Å². The van der Waals surface area contributed by atoms with Crippen LogP contribution in [0.1, 0.15) is 25.0 Å². The van der Waals surface area contributed by atoms with Crippen LogP contribution in [0.2, 0.25) is 0 Å². The molecule has 0 N–H and O–H groups in total. The van der Waals surface area contributed by atoms with E-state index in [-0.39, 0.29) is 5.41 Å². The van der Waals surface area contributed by atoms with Gasteiger partial charge < -0.3 is 9.32 Å². The van der Waals surface area contributed by atoms with Gasteiger partial charge in [0, 0.05) is 53.3 Å². The van der Waals surface area contributed by atoms with Gasteiger partial charge in [0.25, 0.3) is 0 Å². The number of thiophene rings is 1. The summed E-state index contributed by atoms with van der Waals surface area (Å²) >= 11 is 1.86. The molecular formula is C57H39NOS. The van der Waals surface area contributed by atoms with Crippen LogP contribution in [0, 0.1) is 0 Å². The molecule has 11 aromatic rings. The van der Waals surface area contributed by atoms with E-state index in [0.29, 0.717) is 0 Å². The molecule has 0 unspecified atom stereocenters. The van der Waals surface area contributed by atoms with Crippen LogP contribution in [0.25, 0.3) is 86.6 Å². The second-order valence-electron chi connectivity index (χ2n) is 16.5. The molecule has 0 fully saturated rings. The largest absolute Gasteiger partial charge is 0.456 e. The average molecular weight is 786 g/mol. The number of nitrogens with zero attached hydrogens (tertiary/aromatic N) is 1. The zero-order valence-corrected chi connectivity index (χ0v) is 34.1. The Morgan fingerprint density at radius 3 is 1.75 bits per heavy atom. The molecule has 60 heavy (non-hydrogen) atoms. The lowest BCUT2D eigenvalue weighted by Gasteiger charge is -2.28. The fourth-order valence-corrected chi connectivity index (χ4v) is 10.8. The highest BCUT2D eigenvalue weighted by Crippen LogP contribution is 2.51. The molecule has 12 rings (SSSR count). The molecule has 284 valence electrons. The van der Waals surface area contributed by atoms with Gasteiger partial charge in [0.2, 0.25) is 0 Å². The lowest BCUT2D eigenvalue weighted by atomic mass is 9.82. The standard InChI is InChI=1S/C57H39NOS/c1-57(2)50-15-7-3-12-44(50)48-34-40(24-31-51(48)57)43-11-4-8-16-52(43)58(41-26-19-36(20-27-41)38-25-32-54-49(33-38)45-13-5-9-17-53(45)59-54)42-28-21-37(22-29-42)39-23-30-47-46-14-6-10-18-55(46)60-56(47)35-39/h3-35H,1-2H3. The van der Waals surface area contributed by atoms with Gasteiger partial charge in [-0.05, 0) is 117 Å². The third-order valence-corrected chi connectivity index (χ3v) is 13.8. The molecule has 2 nitrogen and oxygen atoms in total. The molecule has 0 saturated heterocycles. The SMILES string of the molecule is CC1(C)c2ccccc2-c2cc(-c3ccccc3N(c3ccc(-c4ccc5c(c4)sc4ccccc45)cc3)c3ccc(-c4ccc5oc6ccccc6c5c4)cc3)ccc21. The van der Waals surface area contributed by atoms with E-state index in [4.69, 9.17) is 4.42 Å². The van der Waals surface area contributed by atoms with Crippen LogP contribution >= 0.6 is 11.3 Å². The number of benzene rings is 9. The number of anilines is 3. The van der Waals surface area contributed by atoms with Crippen molar-refractivity contribution in [3.05, 3.63) is 211 Å². The Hall–Kier alpha value is -7.20. The molecule has 0 atom stereocenters. The zero-order chi connectivity index (χ0) is 40.0. The van der Waals surface area contributed by atoms with Crippen molar-refractivity contribution in [1.29, 1.82) is 0 Å². The summed E-state index contributed by atoms with van der Waals surface area (Å²) in [5.74, 6) is 0. The van der Waals surface area contributed by atoms with Crippen LogP contribution in [0.4, 0.5) is 17.1 Å². The second kappa shape index (κ2) is 13.4. The molecule has 0 spiro atoms. The first-order valence-corrected chi connectivity index (χ1v) is 21.5. The van der Waals surface area contributed by atoms with Gasteiger partial charge in [0.05, 0.1) is 5.69 Å². The summed E-state index contributed by atoms with van der Waals surface area (Å²) in [7, 11) is 0. The first kappa shape index (κ1) is 34.8. The van der Waals surface area contributed by atoms with E-state index in [1.54, 1.807) is 0 Å². The number of fused-ring (bicyclic) bond motifs is 9. The van der Waals surface area contributed by atoms with Crippen LogP contribution in [-0.2, 0) is 5.41 Å². The highest BCUT2D eigenvalue weighted by atomic mass is 32.1. The second-order valence-corrected chi connectivity index (χ2v) is 17.6. The van der Waals surface area contributed by atoms with Crippen LogP contribution in [0.3, 0.4) is 0 Å². The highest BCUT2D eigenvalue weighted by Gasteiger charge is 2.35. The normalized spacial score (nSPS) is 13.0. The number of rotatable bonds is 6. The summed E-state index contributed by atoms with van der Waals surface area (Å²) in [6.45, 7) is 4.69. The van der Waals surface area contributed by atoms with Crippen molar-refractivity contribution in [3.63, 3.8) is 0 Å². The molecule has 0 aliphatic heterocycles. The Kier molecular flexibility index (Phi) is 7.79. The van der Waals surface area contributed by atoms with E-state index >= 15 is 0 Å². The molecule has 2 heterocycles. The maximum atomic E-state index is 6.15. The van der Waals surface area contributed by atoms with Gasteiger partial charge >= 0.3 is 0 Å². The van der Waals surface area contributed by atoms with Crippen molar-refractivity contribution in [1.82, 2.24) is 0 Å². The van der Waals surface area contributed by atoms with Gasteiger partial charge in [-0.1, -0.05) is 147 Å². The minimum Gasteiger partial charge on any atom is -0.456 e. The van der Waals surface area contributed by atoms with Gasteiger partial charge in [0.15, 0.2) is 0 Å². The zero-order valence-electron chi connectivity index (χ0n) is 33.3. The van der Waals surface area contributed by atoms with Crippen LogP contribution in [0.15, 0.2) is 205 Å². The maximum Gasteiger partial charge on any atom is 0.135 e. The predicted octanol–water partition coefficient (Wildman–Crippen LogP) is 16.7. The highest BCUT2D eigenvalue weighted by molar-refractivity contribution is 7.25. The Morgan fingerprint density at radius 2 is 0.950 bits per heavy atom. The third-order valence-electron chi connectivity index (χ3n) is 12.7. The topological polar surface area (TPSA) is 16.4 Å². The summed E-state index contributed by atoms with van der Waals surface area (Å²) in [6.07, 6.45) is 0. The lowest BCUT2D eigenvalue weighted by Crippen LogP contribution is -2.14. The molecule has 0 saturated carbocycles. The first-order valence-electron chi connectivity index (χ1n) is 20.7. The minimum atomic E-state index is -0.0454. The maximum absolute atomic E-state index is 6.15. The Bertz CT molecular complexity index is 3460. The quantitative estimate of drug-likeness (QED) is 0.167. The monoisotopic (exact) mass is 785 g/mol. The van der Waals surface area contributed by atoms with Crippen molar-refractivity contribution in [2.24, 2.45) is 0 Å². The molecule has 3 heteroatoms. The summed E-state index contributed by atoms with van der Waals surface area (Å²) in [5.41, 5.74) is 17.6. The van der Waals surface area contributed by atoms with Crippen molar-refractivity contribution < 1.29 is 4.42 Å². The first-order chi connectivity index (χ1) is 29.5. The molecule has 2 aromatic heterocycles. The smallest absolute Gasteiger partial charge is 0.135 e. The summed E-state index contributed by atoms with van der Waals surface area (Å²) in [6, 6.07) is 73.3. The van der Waals surface area contributed by atoms with Gasteiger partial charge in [-0.2, -0.15) is 0 Å². The Labute approximate surface area is 353 Å². The van der Waals surface area contributed by atoms with E-state index in [1.807, 2.05) is 23.5 Å². The van der Waals surface area contributed by atoms with E-state index in [2.05, 4.69) is 207 Å². The summed E-state index contributed by atoms with van der Waals surface area (Å²) in [4.78, 5) is 2.41. The number of hydrogen-bond acceptors (Lipinski definition) is 3. The summed E-state index contributed by atoms with van der Waals surface area (Å²) in [5, 5.41) is 4.92. The van der Waals surface area contributed by atoms with Gasteiger partial charge in [-0.15, -0.1) is 11.3 Å². The number of hydrogen-bond donors (Lipinski definition) is 0. The van der Waals surface area contributed by atoms with Crippen LogP contribution < -0.4 is 4.90 Å². The lowest BCUT2D eigenvalue weighted by molar-refractivity contribution is 0.660. The van der Waals surface area contributed by atoms with Gasteiger partial charge in [0.1, 0.15) is 11.2 Å². The Balaban J connectivity index is 0.973. The number of para-hydroxylation sites is 2. The van der Waals surface area contributed by atoms with Crippen LogP contribution in [-0.4, -0.2) is 0 Å². The summed E-state index contributed by atoms with van der Waals surface area (Å²) < 4.78 is 8.79. The molecule has 9 aromatic carbocycles. The Morgan fingerprint density at radius 1 is 0.383 bits per heavy atom. The average Bonchev–Trinajstić information content (AvgIpc) is 3.94. The van der Waals surface area contributed by atoms with Gasteiger partial charge in [-0.25, -0.2) is 0 Å².